The predicted molar refractivity (Wildman–Crippen MR) is 68.0 cm³/mol. The maximum Gasteiger partial charge on any atom is 0.202 e. The lowest BCUT2D eigenvalue weighted by molar-refractivity contribution is 0.0977. The van der Waals surface area contributed by atoms with E-state index >= 15 is 0 Å². The molecule has 92 valence electrons. The summed E-state index contributed by atoms with van der Waals surface area (Å²) < 4.78 is 1.96. The Hall–Kier alpha value is -1.38. The van der Waals surface area contributed by atoms with Crippen molar-refractivity contribution in [2.75, 3.05) is 0 Å². The highest BCUT2D eigenvalue weighted by atomic mass is 16.1. The summed E-state index contributed by atoms with van der Waals surface area (Å²) in [4.78, 5) is 16.3. The Bertz CT molecular complexity index is 418. The van der Waals surface area contributed by atoms with Crippen molar-refractivity contribution < 1.29 is 4.79 Å². The Kier molecular flexibility index (Phi) is 4.13. The summed E-state index contributed by atoms with van der Waals surface area (Å²) in [5, 5.41) is 0. The molecule has 3 heteroatoms. The highest BCUT2D eigenvalue weighted by molar-refractivity contribution is 5.94. The van der Waals surface area contributed by atoms with Gasteiger partial charge in [-0.15, -0.1) is 0 Å². The van der Waals surface area contributed by atoms with Crippen LogP contribution in [0.25, 0.3) is 0 Å². The van der Waals surface area contributed by atoms with Gasteiger partial charge in [-0.25, -0.2) is 4.98 Å². The SMILES string of the molecule is CCCn1ccnc1C(=O)CC1=CCCCC1. The molecule has 1 heterocycles. The number of hydrogen-bond acceptors (Lipinski definition) is 2. The first-order valence-electron chi connectivity index (χ1n) is 6.53. The second-order valence-electron chi connectivity index (χ2n) is 4.65. The minimum atomic E-state index is 0.164. The molecule has 0 bridgehead atoms. The molecule has 2 rings (SSSR count). The summed E-state index contributed by atoms with van der Waals surface area (Å²) in [6.45, 7) is 2.98. The van der Waals surface area contributed by atoms with Gasteiger partial charge in [0.25, 0.3) is 0 Å². The molecule has 3 nitrogen and oxygen atoms in total. The number of Topliss-reactive ketones (excluding diaryl/α,β-unsaturated/α-hetero) is 1. The van der Waals surface area contributed by atoms with Crippen LogP contribution in [0.3, 0.4) is 0 Å². The molecule has 0 saturated carbocycles. The summed E-state index contributed by atoms with van der Waals surface area (Å²) in [7, 11) is 0. The first-order chi connectivity index (χ1) is 8.31. The van der Waals surface area contributed by atoms with Crippen molar-refractivity contribution in [1.82, 2.24) is 9.55 Å². The second kappa shape index (κ2) is 5.80. The van der Waals surface area contributed by atoms with Gasteiger partial charge in [0, 0.05) is 25.4 Å². The van der Waals surface area contributed by atoms with Gasteiger partial charge in [0.1, 0.15) is 0 Å². The Morgan fingerprint density at radius 1 is 1.47 bits per heavy atom. The van der Waals surface area contributed by atoms with E-state index in [4.69, 9.17) is 0 Å². The van der Waals surface area contributed by atoms with E-state index in [-0.39, 0.29) is 5.78 Å². The molecule has 17 heavy (non-hydrogen) atoms. The van der Waals surface area contributed by atoms with Gasteiger partial charge < -0.3 is 4.57 Å². The van der Waals surface area contributed by atoms with E-state index in [9.17, 15) is 4.79 Å². The first kappa shape index (κ1) is 12.1. The van der Waals surface area contributed by atoms with Crippen molar-refractivity contribution >= 4 is 5.78 Å². The predicted octanol–water partition coefficient (Wildman–Crippen LogP) is 3.37. The van der Waals surface area contributed by atoms with Crippen molar-refractivity contribution in [2.24, 2.45) is 0 Å². The molecule has 0 N–H and O–H groups in total. The third kappa shape index (κ3) is 3.05. The van der Waals surface area contributed by atoms with Gasteiger partial charge in [0.15, 0.2) is 5.82 Å². The number of allylic oxidation sites excluding steroid dienone is 2. The van der Waals surface area contributed by atoms with E-state index in [2.05, 4.69) is 18.0 Å². The van der Waals surface area contributed by atoms with Crippen LogP contribution < -0.4 is 0 Å². The van der Waals surface area contributed by atoms with Crippen LogP contribution in [0.15, 0.2) is 24.0 Å². The molecule has 0 aliphatic heterocycles. The number of aromatic nitrogens is 2. The number of hydrogen-bond donors (Lipinski definition) is 0. The molecule has 1 aromatic heterocycles. The summed E-state index contributed by atoms with van der Waals surface area (Å²) in [6, 6.07) is 0. The molecule has 0 unspecified atom stereocenters. The van der Waals surface area contributed by atoms with Gasteiger partial charge in [-0.05, 0) is 32.1 Å². The average molecular weight is 232 g/mol. The molecule has 1 aromatic rings. The monoisotopic (exact) mass is 232 g/mol. The summed E-state index contributed by atoms with van der Waals surface area (Å²) in [5.41, 5.74) is 1.30. The summed E-state index contributed by atoms with van der Waals surface area (Å²) in [6.07, 6.45) is 12.1. The Morgan fingerprint density at radius 2 is 2.35 bits per heavy atom. The van der Waals surface area contributed by atoms with Crippen LogP contribution in [0.5, 0.6) is 0 Å². The number of carbonyl (C=O) groups excluding carboxylic acids is 1. The van der Waals surface area contributed by atoms with Crippen molar-refractivity contribution in [3.63, 3.8) is 0 Å². The van der Waals surface area contributed by atoms with Crippen LogP contribution in [0.2, 0.25) is 0 Å². The Balaban J connectivity index is 2.03. The number of ketones is 1. The van der Waals surface area contributed by atoms with Crippen LogP contribution in [0.1, 0.15) is 56.1 Å². The molecular weight excluding hydrogens is 212 g/mol. The Morgan fingerprint density at radius 3 is 3.06 bits per heavy atom. The fourth-order valence-electron chi connectivity index (χ4n) is 2.33. The third-order valence-electron chi connectivity index (χ3n) is 3.20. The summed E-state index contributed by atoms with van der Waals surface area (Å²) >= 11 is 0. The summed E-state index contributed by atoms with van der Waals surface area (Å²) in [5.74, 6) is 0.787. The molecular formula is C14H20N2O. The zero-order chi connectivity index (χ0) is 12.1. The molecule has 1 aliphatic rings. The minimum absolute atomic E-state index is 0.164. The van der Waals surface area contributed by atoms with E-state index in [1.165, 1.54) is 18.4 Å². The van der Waals surface area contributed by atoms with E-state index in [1.54, 1.807) is 6.20 Å². The van der Waals surface area contributed by atoms with Gasteiger partial charge in [-0.2, -0.15) is 0 Å². The van der Waals surface area contributed by atoms with Gasteiger partial charge in [0.05, 0.1) is 0 Å². The lowest BCUT2D eigenvalue weighted by Gasteiger charge is -2.12. The molecule has 0 amide bonds. The number of aryl methyl sites for hydroxylation is 1. The molecule has 0 fully saturated rings. The zero-order valence-corrected chi connectivity index (χ0v) is 10.5. The normalized spacial score (nSPS) is 15.7. The van der Waals surface area contributed by atoms with E-state index < -0.39 is 0 Å². The standard InChI is InChI=1S/C14H20N2O/c1-2-9-16-10-8-15-14(16)13(17)11-12-6-4-3-5-7-12/h6,8,10H,2-5,7,9,11H2,1H3. The fourth-order valence-corrected chi connectivity index (χ4v) is 2.33. The molecule has 0 atom stereocenters. The van der Waals surface area contributed by atoms with Crippen LogP contribution in [-0.4, -0.2) is 15.3 Å². The number of imidazole rings is 1. The van der Waals surface area contributed by atoms with Crippen molar-refractivity contribution in [1.29, 1.82) is 0 Å². The van der Waals surface area contributed by atoms with Crippen LogP contribution in [0.4, 0.5) is 0 Å². The molecule has 0 aromatic carbocycles. The van der Waals surface area contributed by atoms with Crippen LogP contribution in [0, 0.1) is 0 Å². The number of rotatable bonds is 5. The lowest BCUT2D eigenvalue weighted by Crippen LogP contribution is -2.11. The van der Waals surface area contributed by atoms with Crippen LogP contribution >= 0.6 is 0 Å². The van der Waals surface area contributed by atoms with Crippen molar-refractivity contribution in [2.45, 2.75) is 52.0 Å². The van der Waals surface area contributed by atoms with Crippen molar-refractivity contribution in [3.8, 4) is 0 Å². The first-order valence-corrected chi connectivity index (χ1v) is 6.53. The van der Waals surface area contributed by atoms with Gasteiger partial charge >= 0.3 is 0 Å². The molecule has 0 radical (unpaired) electrons. The molecule has 1 aliphatic carbocycles. The highest BCUT2D eigenvalue weighted by Crippen LogP contribution is 2.21. The van der Waals surface area contributed by atoms with E-state index in [0.717, 1.165) is 25.8 Å². The quantitative estimate of drug-likeness (QED) is 0.576. The average Bonchev–Trinajstić information content (AvgIpc) is 2.79. The van der Waals surface area contributed by atoms with Gasteiger partial charge in [-0.3, -0.25) is 4.79 Å². The van der Waals surface area contributed by atoms with Crippen molar-refractivity contribution in [3.05, 3.63) is 29.9 Å². The maximum absolute atomic E-state index is 12.1. The van der Waals surface area contributed by atoms with Gasteiger partial charge in [-0.1, -0.05) is 18.6 Å². The lowest BCUT2D eigenvalue weighted by atomic mass is 9.95. The molecule has 0 spiro atoms. The van der Waals surface area contributed by atoms with Crippen LogP contribution in [-0.2, 0) is 6.54 Å². The third-order valence-corrected chi connectivity index (χ3v) is 3.20. The number of nitrogens with zero attached hydrogens (tertiary/aromatic N) is 2. The smallest absolute Gasteiger partial charge is 0.202 e. The zero-order valence-electron chi connectivity index (χ0n) is 10.5. The molecule has 0 saturated heterocycles. The van der Waals surface area contributed by atoms with Gasteiger partial charge in [0.2, 0.25) is 5.78 Å². The van der Waals surface area contributed by atoms with E-state index in [0.29, 0.717) is 12.2 Å². The maximum atomic E-state index is 12.1. The topological polar surface area (TPSA) is 34.9 Å². The highest BCUT2D eigenvalue weighted by Gasteiger charge is 2.15. The largest absolute Gasteiger partial charge is 0.329 e. The fraction of sp³-hybridized carbons (Fsp3) is 0.571. The number of carbonyl (C=O) groups is 1. The second-order valence-corrected chi connectivity index (χ2v) is 4.65. The van der Waals surface area contributed by atoms with E-state index in [1.807, 2.05) is 10.8 Å². The minimum Gasteiger partial charge on any atom is -0.329 e. The Labute approximate surface area is 103 Å².